The Bertz CT molecular complexity index is 675. The van der Waals surface area contributed by atoms with E-state index < -0.39 is 6.10 Å². The predicted molar refractivity (Wildman–Crippen MR) is 99.1 cm³/mol. The van der Waals surface area contributed by atoms with Crippen LogP contribution in [0.5, 0.6) is 0 Å². The number of hydrogen-bond donors (Lipinski definition) is 1. The maximum Gasteiger partial charge on any atom is 0.256 e. The van der Waals surface area contributed by atoms with Gasteiger partial charge in [-0.2, -0.15) is 0 Å². The molecule has 1 unspecified atom stereocenters. The number of nitrogens with zero attached hydrogens (tertiary/aromatic N) is 1. The Morgan fingerprint density at radius 2 is 1.76 bits per heavy atom. The molecule has 4 nitrogen and oxygen atoms in total. The summed E-state index contributed by atoms with van der Waals surface area (Å²) in [6.07, 6.45) is -0.542. The number of ether oxygens (including phenoxy) is 1. The van der Waals surface area contributed by atoms with Crippen molar-refractivity contribution in [1.29, 1.82) is 0 Å². The molecule has 0 radical (unpaired) electrons. The van der Waals surface area contributed by atoms with E-state index in [0.717, 1.165) is 5.56 Å². The molecule has 132 valence electrons. The molecule has 1 saturated heterocycles. The van der Waals surface area contributed by atoms with Crippen LogP contribution in [-0.4, -0.2) is 37.0 Å². The Morgan fingerprint density at radius 3 is 2.36 bits per heavy atom. The van der Waals surface area contributed by atoms with Gasteiger partial charge in [0.05, 0.1) is 0 Å². The first-order chi connectivity index (χ1) is 12.2. The fourth-order valence-electron chi connectivity index (χ4n) is 3.64. The number of likely N-dealkylation sites (tertiary alicyclic amines) is 1. The third-order valence-corrected chi connectivity index (χ3v) is 4.94. The highest BCUT2D eigenvalue weighted by Gasteiger charge is 2.38. The van der Waals surface area contributed by atoms with Gasteiger partial charge < -0.3 is 15.4 Å². The number of carbonyl (C=O) groups is 1. The standard InChI is InChI=1S/C21H26N2O2/c1-2-25-20(17-11-7-4-8-12-17)21(24)23-14-18(13-22)19(15-23)16-9-5-3-6-10-16/h3-12,18-20H,2,13-15,22H2,1H3/t18-,19+,20?/m1/s1. The molecular formula is C21H26N2O2. The number of carbonyl (C=O) groups excluding carboxylic acids is 1. The van der Waals surface area contributed by atoms with Crippen LogP contribution in [0.25, 0.3) is 0 Å². The Kier molecular flexibility index (Phi) is 5.84. The second-order valence-corrected chi connectivity index (χ2v) is 6.50. The minimum atomic E-state index is -0.542. The summed E-state index contributed by atoms with van der Waals surface area (Å²) in [7, 11) is 0. The molecule has 3 atom stereocenters. The van der Waals surface area contributed by atoms with Gasteiger partial charge in [-0.05, 0) is 30.5 Å². The van der Waals surface area contributed by atoms with Crippen LogP contribution >= 0.6 is 0 Å². The monoisotopic (exact) mass is 338 g/mol. The molecule has 1 amide bonds. The number of benzene rings is 2. The smallest absolute Gasteiger partial charge is 0.256 e. The van der Waals surface area contributed by atoms with Crippen molar-refractivity contribution in [2.75, 3.05) is 26.2 Å². The van der Waals surface area contributed by atoms with Gasteiger partial charge in [0.25, 0.3) is 5.91 Å². The quantitative estimate of drug-likeness (QED) is 0.881. The molecule has 3 rings (SSSR count). The summed E-state index contributed by atoms with van der Waals surface area (Å²) in [6.45, 7) is 4.38. The average molecular weight is 338 g/mol. The van der Waals surface area contributed by atoms with Gasteiger partial charge in [0.15, 0.2) is 6.10 Å². The number of rotatable bonds is 6. The molecule has 1 aliphatic heterocycles. The first kappa shape index (κ1) is 17.6. The molecular weight excluding hydrogens is 312 g/mol. The first-order valence-corrected chi connectivity index (χ1v) is 8.95. The fraction of sp³-hybridized carbons (Fsp3) is 0.381. The molecule has 0 aromatic heterocycles. The summed E-state index contributed by atoms with van der Waals surface area (Å²) in [4.78, 5) is 15.1. The lowest BCUT2D eigenvalue weighted by molar-refractivity contribution is -0.143. The van der Waals surface area contributed by atoms with Crippen LogP contribution in [0.1, 0.15) is 30.1 Å². The Hall–Kier alpha value is -2.17. The third kappa shape index (κ3) is 3.91. The van der Waals surface area contributed by atoms with Gasteiger partial charge in [-0.15, -0.1) is 0 Å². The lowest BCUT2D eigenvalue weighted by Gasteiger charge is -2.24. The van der Waals surface area contributed by atoms with Crippen molar-refractivity contribution in [3.8, 4) is 0 Å². The fourth-order valence-corrected chi connectivity index (χ4v) is 3.64. The second-order valence-electron chi connectivity index (χ2n) is 6.50. The van der Waals surface area contributed by atoms with Crippen molar-refractivity contribution in [2.45, 2.75) is 18.9 Å². The molecule has 0 spiro atoms. The average Bonchev–Trinajstić information content (AvgIpc) is 3.11. The number of nitrogens with two attached hydrogens (primary N) is 1. The topological polar surface area (TPSA) is 55.6 Å². The summed E-state index contributed by atoms with van der Waals surface area (Å²) in [5.74, 6) is 0.600. The van der Waals surface area contributed by atoms with Crippen molar-refractivity contribution >= 4 is 5.91 Å². The van der Waals surface area contributed by atoms with E-state index in [4.69, 9.17) is 10.5 Å². The van der Waals surface area contributed by atoms with Gasteiger partial charge >= 0.3 is 0 Å². The zero-order valence-corrected chi connectivity index (χ0v) is 14.7. The van der Waals surface area contributed by atoms with Gasteiger partial charge in [0, 0.05) is 25.6 Å². The van der Waals surface area contributed by atoms with Crippen molar-refractivity contribution in [3.63, 3.8) is 0 Å². The molecule has 4 heteroatoms. The third-order valence-electron chi connectivity index (χ3n) is 4.94. The molecule has 0 aliphatic carbocycles. The second kappa shape index (κ2) is 8.28. The minimum Gasteiger partial charge on any atom is -0.364 e. The predicted octanol–water partition coefficient (Wildman–Crippen LogP) is 2.97. The highest BCUT2D eigenvalue weighted by molar-refractivity contribution is 5.82. The molecule has 1 aliphatic rings. The normalized spacial score (nSPS) is 21.3. The van der Waals surface area contributed by atoms with Gasteiger partial charge in [-0.3, -0.25) is 4.79 Å². The Labute approximate surface area is 149 Å². The van der Waals surface area contributed by atoms with E-state index in [9.17, 15) is 4.79 Å². The lowest BCUT2D eigenvalue weighted by Crippen LogP contribution is -2.35. The van der Waals surface area contributed by atoms with Gasteiger partial charge in [-0.25, -0.2) is 0 Å². The summed E-state index contributed by atoms with van der Waals surface area (Å²) < 4.78 is 5.79. The summed E-state index contributed by atoms with van der Waals surface area (Å²) >= 11 is 0. The van der Waals surface area contributed by atoms with Crippen LogP contribution in [0.4, 0.5) is 0 Å². The van der Waals surface area contributed by atoms with Crippen LogP contribution in [0.3, 0.4) is 0 Å². The van der Waals surface area contributed by atoms with Gasteiger partial charge in [0.2, 0.25) is 0 Å². The van der Waals surface area contributed by atoms with Crippen LogP contribution in [0, 0.1) is 5.92 Å². The SMILES string of the molecule is CCOC(C(=O)N1C[C@@H](CN)[C@H](c2ccccc2)C1)c1ccccc1. The molecule has 2 aromatic rings. The van der Waals surface area contributed by atoms with Crippen LogP contribution in [-0.2, 0) is 9.53 Å². The molecule has 2 N–H and O–H groups in total. The van der Waals surface area contributed by atoms with E-state index in [1.165, 1.54) is 5.56 Å². The summed E-state index contributed by atoms with van der Waals surface area (Å²) in [6, 6.07) is 20.1. The van der Waals surface area contributed by atoms with Crippen molar-refractivity contribution in [2.24, 2.45) is 11.7 Å². The van der Waals surface area contributed by atoms with E-state index in [-0.39, 0.29) is 17.7 Å². The zero-order valence-electron chi connectivity index (χ0n) is 14.7. The van der Waals surface area contributed by atoms with E-state index >= 15 is 0 Å². The molecule has 1 heterocycles. The van der Waals surface area contributed by atoms with Gasteiger partial charge in [0.1, 0.15) is 0 Å². The molecule has 0 saturated carbocycles. The van der Waals surface area contributed by atoms with E-state index in [0.29, 0.717) is 26.2 Å². The van der Waals surface area contributed by atoms with E-state index in [2.05, 4.69) is 12.1 Å². The van der Waals surface area contributed by atoms with Crippen molar-refractivity contribution < 1.29 is 9.53 Å². The highest BCUT2D eigenvalue weighted by atomic mass is 16.5. The van der Waals surface area contributed by atoms with Crippen LogP contribution < -0.4 is 5.73 Å². The van der Waals surface area contributed by atoms with Crippen LogP contribution in [0.15, 0.2) is 60.7 Å². The summed E-state index contributed by atoms with van der Waals surface area (Å²) in [5.41, 5.74) is 8.16. The number of hydrogen-bond acceptors (Lipinski definition) is 3. The minimum absolute atomic E-state index is 0.0323. The van der Waals surface area contributed by atoms with Crippen molar-refractivity contribution in [1.82, 2.24) is 4.90 Å². The molecule has 0 bridgehead atoms. The highest BCUT2D eigenvalue weighted by Crippen LogP contribution is 2.34. The largest absolute Gasteiger partial charge is 0.364 e. The van der Waals surface area contributed by atoms with Crippen LogP contribution in [0.2, 0.25) is 0 Å². The number of amides is 1. The molecule has 1 fully saturated rings. The maximum atomic E-state index is 13.1. The Morgan fingerprint density at radius 1 is 1.12 bits per heavy atom. The van der Waals surface area contributed by atoms with E-state index in [1.54, 1.807) is 0 Å². The molecule has 25 heavy (non-hydrogen) atoms. The Balaban J connectivity index is 1.79. The lowest BCUT2D eigenvalue weighted by atomic mass is 9.89. The van der Waals surface area contributed by atoms with Gasteiger partial charge in [-0.1, -0.05) is 60.7 Å². The molecule has 2 aromatic carbocycles. The zero-order chi connectivity index (χ0) is 17.6. The van der Waals surface area contributed by atoms with Crippen molar-refractivity contribution in [3.05, 3.63) is 71.8 Å². The van der Waals surface area contributed by atoms with E-state index in [1.807, 2.05) is 60.4 Å². The first-order valence-electron chi connectivity index (χ1n) is 8.95. The maximum absolute atomic E-state index is 13.1. The summed E-state index contributed by atoms with van der Waals surface area (Å²) in [5, 5.41) is 0.